The van der Waals surface area contributed by atoms with Crippen LogP contribution in [0.3, 0.4) is 0 Å². The summed E-state index contributed by atoms with van der Waals surface area (Å²) in [5.74, 6) is 3.20. The zero-order valence-electron chi connectivity index (χ0n) is 11.6. The molecule has 3 aromatic rings. The zero-order valence-corrected chi connectivity index (χ0v) is 12.5. The highest BCUT2D eigenvalue weighted by Gasteiger charge is 2.24. The molecule has 1 saturated heterocycles. The summed E-state index contributed by atoms with van der Waals surface area (Å²) >= 11 is 2.00. The largest absolute Gasteiger partial charge is 0.263 e. The standard InChI is InChI=1S/C16H16N4S/c1-3-9-17-14(8-1)20-15-12(6-5-10-18-15)19-16(20)13-7-2-4-11-21-13/h1,3,5-6,8-10,13H,2,4,7,11H2. The van der Waals surface area contributed by atoms with Gasteiger partial charge in [-0.05, 0) is 42.9 Å². The fourth-order valence-electron chi connectivity index (χ4n) is 2.80. The van der Waals surface area contributed by atoms with E-state index in [1.54, 1.807) is 0 Å². The van der Waals surface area contributed by atoms with Crippen LogP contribution < -0.4 is 0 Å². The summed E-state index contributed by atoms with van der Waals surface area (Å²) < 4.78 is 2.12. The Morgan fingerprint density at radius 1 is 1.05 bits per heavy atom. The predicted molar refractivity (Wildman–Crippen MR) is 85.7 cm³/mol. The highest BCUT2D eigenvalue weighted by atomic mass is 32.2. The number of hydrogen-bond donors (Lipinski definition) is 0. The van der Waals surface area contributed by atoms with E-state index in [2.05, 4.69) is 14.5 Å². The van der Waals surface area contributed by atoms with E-state index < -0.39 is 0 Å². The van der Waals surface area contributed by atoms with Crippen molar-refractivity contribution in [2.45, 2.75) is 24.5 Å². The van der Waals surface area contributed by atoms with Crippen LogP contribution in [-0.4, -0.2) is 25.3 Å². The van der Waals surface area contributed by atoms with Crippen LogP contribution in [0.2, 0.25) is 0 Å². The van der Waals surface area contributed by atoms with Crippen LogP contribution in [-0.2, 0) is 0 Å². The molecule has 5 heteroatoms. The van der Waals surface area contributed by atoms with Crippen LogP contribution in [0.15, 0.2) is 42.7 Å². The highest BCUT2D eigenvalue weighted by Crippen LogP contribution is 2.39. The smallest absolute Gasteiger partial charge is 0.165 e. The SMILES string of the molecule is c1ccc(-n2c(C3CCCCS3)nc3cccnc32)nc1. The number of nitrogens with zero attached hydrogens (tertiary/aromatic N) is 4. The van der Waals surface area contributed by atoms with E-state index in [0.717, 1.165) is 22.8 Å². The molecule has 0 bridgehead atoms. The van der Waals surface area contributed by atoms with Gasteiger partial charge in [0.1, 0.15) is 17.2 Å². The molecule has 0 aromatic carbocycles. The van der Waals surface area contributed by atoms with Crippen molar-refractivity contribution in [3.8, 4) is 5.82 Å². The maximum atomic E-state index is 4.85. The number of imidazole rings is 1. The third kappa shape index (κ3) is 2.31. The molecule has 0 spiro atoms. The molecular weight excluding hydrogens is 280 g/mol. The third-order valence-corrected chi connectivity index (χ3v) is 5.16. The molecule has 1 atom stereocenters. The van der Waals surface area contributed by atoms with E-state index in [-0.39, 0.29) is 0 Å². The second-order valence-corrected chi connectivity index (χ2v) is 6.51. The van der Waals surface area contributed by atoms with Gasteiger partial charge in [0.25, 0.3) is 0 Å². The molecule has 0 saturated carbocycles. The Bertz CT molecular complexity index is 747. The van der Waals surface area contributed by atoms with Gasteiger partial charge < -0.3 is 0 Å². The van der Waals surface area contributed by atoms with E-state index in [0.29, 0.717) is 5.25 Å². The van der Waals surface area contributed by atoms with Crippen molar-refractivity contribution in [1.29, 1.82) is 0 Å². The van der Waals surface area contributed by atoms with Gasteiger partial charge in [-0.1, -0.05) is 12.5 Å². The molecule has 106 valence electrons. The molecule has 0 N–H and O–H groups in total. The van der Waals surface area contributed by atoms with Gasteiger partial charge in [0.05, 0.1) is 5.25 Å². The normalized spacial score (nSPS) is 19.0. The fourth-order valence-corrected chi connectivity index (χ4v) is 4.10. The van der Waals surface area contributed by atoms with E-state index >= 15 is 0 Å². The van der Waals surface area contributed by atoms with Crippen molar-refractivity contribution in [3.63, 3.8) is 0 Å². The summed E-state index contributed by atoms with van der Waals surface area (Å²) in [6.45, 7) is 0. The van der Waals surface area contributed by atoms with Crippen LogP contribution in [0.1, 0.15) is 30.3 Å². The van der Waals surface area contributed by atoms with E-state index in [9.17, 15) is 0 Å². The summed E-state index contributed by atoms with van der Waals surface area (Å²) in [6, 6.07) is 9.93. The molecule has 1 fully saturated rings. The third-order valence-electron chi connectivity index (χ3n) is 3.79. The second-order valence-electron chi connectivity index (χ2n) is 5.19. The molecular formula is C16H16N4S. The number of thioether (sulfide) groups is 1. The van der Waals surface area contributed by atoms with E-state index in [4.69, 9.17) is 4.98 Å². The lowest BCUT2D eigenvalue weighted by Crippen LogP contribution is -2.10. The van der Waals surface area contributed by atoms with Crippen molar-refractivity contribution in [2.75, 3.05) is 5.75 Å². The minimum Gasteiger partial charge on any atom is -0.263 e. The van der Waals surface area contributed by atoms with Crippen LogP contribution in [0.25, 0.3) is 17.0 Å². The maximum Gasteiger partial charge on any atom is 0.165 e. The van der Waals surface area contributed by atoms with E-state index in [1.807, 2.05) is 54.5 Å². The molecule has 0 radical (unpaired) electrons. The number of fused-ring (bicyclic) bond motifs is 1. The van der Waals surface area contributed by atoms with Gasteiger partial charge in [-0.15, -0.1) is 0 Å². The van der Waals surface area contributed by atoms with Crippen LogP contribution >= 0.6 is 11.8 Å². The summed E-state index contributed by atoms with van der Waals surface area (Å²) in [5, 5.41) is 0.440. The lowest BCUT2D eigenvalue weighted by atomic mass is 10.2. The molecule has 0 amide bonds. The van der Waals surface area contributed by atoms with Gasteiger partial charge in [-0.3, -0.25) is 4.57 Å². The van der Waals surface area contributed by atoms with Gasteiger partial charge in [0.2, 0.25) is 0 Å². The second kappa shape index (κ2) is 5.48. The Kier molecular flexibility index (Phi) is 3.35. The van der Waals surface area contributed by atoms with Crippen molar-refractivity contribution >= 4 is 22.9 Å². The predicted octanol–water partition coefficient (Wildman–Crippen LogP) is 3.77. The first kappa shape index (κ1) is 12.8. The quantitative estimate of drug-likeness (QED) is 0.722. The van der Waals surface area contributed by atoms with Crippen molar-refractivity contribution in [3.05, 3.63) is 48.5 Å². The summed E-state index contributed by atoms with van der Waals surface area (Å²) in [7, 11) is 0. The van der Waals surface area contributed by atoms with Crippen LogP contribution in [0, 0.1) is 0 Å². The average molecular weight is 296 g/mol. The molecule has 4 heterocycles. The Morgan fingerprint density at radius 2 is 2.00 bits per heavy atom. The van der Waals surface area contributed by atoms with Crippen molar-refractivity contribution in [2.24, 2.45) is 0 Å². The van der Waals surface area contributed by atoms with Crippen molar-refractivity contribution < 1.29 is 0 Å². The maximum absolute atomic E-state index is 4.85. The van der Waals surface area contributed by atoms with Gasteiger partial charge in [0, 0.05) is 12.4 Å². The first-order valence-corrected chi connectivity index (χ1v) is 8.35. The summed E-state index contributed by atoms with van der Waals surface area (Å²) in [6.07, 6.45) is 7.41. The van der Waals surface area contributed by atoms with Gasteiger partial charge >= 0.3 is 0 Å². The molecule has 4 rings (SSSR count). The van der Waals surface area contributed by atoms with Gasteiger partial charge in [-0.2, -0.15) is 11.8 Å². The van der Waals surface area contributed by atoms with Gasteiger partial charge in [-0.25, -0.2) is 15.0 Å². The van der Waals surface area contributed by atoms with Gasteiger partial charge in [0.15, 0.2) is 5.65 Å². The Hall–Kier alpha value is -1.88. The first-order valence-electron chi connectivity index (χ1n) is 7.30. The lowest BCUT2D eigenvalue weighted by Gasteiger charge is -2.21. The number of hydrogen-bond acceptors (Lipinski definition) is 4. The van der Waals surface area contributed by atoms with E-state index in [1.165, 1.54) is 25.0 Å². The summed E-state index contributed by atoms with van der Waals surface area (Å²) in [5.41, 5.74) is 1.85. The number of aromatic nitrogens is 4. The fraction of sp³-hybridized carbons (Fsp3) is 0.312. The molecule has 1 aliphatic rings. The van der Waals surface area contributed by atoms with Crippen molar-refractivity contribution in [1.82, 2.24) is 19.5 Å². The topological polar surface area (TPSA) is 43.6 Å². The summed E-state index contributed by atoms with van der Waals surface area (Å²) in [4.78, 5) is 13.9. The monoisotopic (exact) mass is 296 g/mol. The molecule has 1 aliphatic heterocycles. The highest BCUT2D eigenvalue weighted by molar-refractivity contribution is 7.99. The molecule has 1 unspecified atom stereocenters. The lowest BCUT2D eigenvalue weighted by molar-refractivity contribution is 0.655. The number of pyridine rings is 2. The number of rotatable bonds is 2. The van der Waals surface area contributed by atoms with Crippen LogP contribution in [0.5, 0.6) is 0 Å². The first-order chi connectivity index (χ1) is 10.4. The Morgan fingerprint density at radius 3 is 2.81 bits per heavy atom. The Balaban J connectivity index is 1.92. The zero-order chi connectivity index (χ0) is 14.1. The minimum absolute atomic E-state index is 0.440. The average Bonchev–Trinajstić information content (AvgIpc) is 2.96. The molecule has 3 aromatic heterocycles. The Labute approximate surface area is 127 Å². The molecule has 21 heavy (non-hydrogen) atoms. The molecule has 4 nitrogen and oxygen atoms in total. The minimum atomic E-state index is 0.440. The van der Waals surface area contributed by atoms with Crippen LogP contribution in [0.4, 0.5) is 0 Å². The molecule has 0 aliphatic carbocycles.